The number of hydrogen-bond acceptors (Lipinski definition) is 4. The fraction of sp³-hybridized carbons (Fsp3) is 0.588. The Balaban J connectivity index is 1.47. The number of piperidine rings is 1. The van der Waals surface area contributed by atoms with Crippen molar-refractivity contribution in [1.82, 2.24) is 4.90 Å². The van der Waals surface area contributed by atoms with E-state index in [-0.39, 0.29) is 12.0 Å². The Morgan fingerprint density at radius 3 is 2.57 bits per heavy atom. The van der Waals surface area contributed by atoms with Crippen LogP contribution in [0, 0.1) is 5.92 Å². The Morgan fingerprint density at radius 1 is 1.14 bits per heavy atom. The molecule has 0 N–H and O–H groups in total. The second-order valence-corrected chi connectivity index (χ2v) is 5.87. The van der Waals surface area contributed by atoms with Crippen LogP contribution in [0.3, 0.4) is 0 Å². The molecule has 1 aromatic carbocycles. The molecule has 4 heteroatoms. The Hall–Kier alpha value is -1.23. The molecule has 0 aliphatic carbocycles. The molecule has 2 aliphatic rings. The molecule has 1 atom stereocenters. The van der Waals surface area contributed by atoms with E-state index in [1.165, 1.54) is 0 Å². The summed E-state index contributed by atoms with van der Waals surface area (Å²) in [4.78, 5) is 14.8. The third kappa shape index (κ3) is 3.90. The first-order valence-electron chi connectivity index (χ1n) is 7.84. The minimum Gasteiger partial charge on any atom is -0.376 e. The van der Waals surface area contributed by atoms with Gasteiger partial charge in [-0.05, 0) is 25.9 Å². The molecule has 0 spiro atoms. The Kier molecular flexibility index (Phi) is 5.01. The molecule has 0 aromatic heterocycles. The van der Waals surface area contributed by atoms with Gasteiger partial charge in [-0.15, -0.1) is 0 Å². The molecule has 21 heavy (non-hydrogen) atoms. The fourth-order valence-corrected chi connectivity index (χ4v) is 3.15. The highest BCUT2D eigenvalue weighted by Gasteiger charge is 2.27. The number of nitrogens with zero attached hydrogens (tertiary/aromatic N) is 1. The number of hydrogen-bond donors (Lipinski definition) is 0. The molecule has 2 heterocycles. The van der Waals surface area contributed by atoms with E-state index in [1.807, 2.05) is 30.3 Å². The van der Waals surface area contributed by atoms with Gasteiger partial charge in [0.15, 0.2) is 5.78 Å². The van der Waals surface area contributed by atoms with Crippen molar-refractivity contribution in [3.05, 3.63) is 35.9 Å². The van der Waals surface area contributed by atoms with Crippen LogP contribution in [-0.2, 0) is 9.47 Å². The highest BCUT2D eigenvalue weighted by atomic mass is 16.6. The summed E-state index contributed by atoms with van der Waals surface area (Å²) in [7, 11) is 0. The molecule has 1 aromatic rings. The minimum atomic E-state index is 0.173. The molecule has 114 valence electrons. The number of carbonyl (C=O) groups excluding carboxylic acids is 1. The normalized spacial score (nSPS) is 24.9. The van der Waals surface area contributed by atoms with Gasteiger partial charge in [-0.3, -0.25) is 4.79 Å². The first-order valence-corrected chi connectivity index (χ1v) is 7.84. The van der Waals surface area contributed by atoms with Crippen LogP contribution in [0.1, 0.15) is 23.2 Å². The predicted molar refractivity (Wildman–Crippen MR) is 80.5 cm³/mol. The second-order valence-electron chi connectivity index (χ2n) is 5.87. The van der Waals surface area contributed by atoms with Gasteiger partial charge in [0.1, 0.15) is 0 Å². The summed E-state index contributed by atoms with van der Waals surface area (Å²) in [5.41, 5.74) is 0.847. The van der Waals surface area contributed by atoms with Crippen LogP contribution in [0.2, 0.25) is 0 Å². The van der Waals surface area contributed by atoms with Crippen LogP contribution < -0.4 is 0 Å². The summed E-state index contributed by atoms with van der Waals surface area (Å²) in [6, 6.07) is 9.65. The van der Waals surface area contributed by atoms with Gasteiger partial charge < -0.3 is 14.4 Å². The van der Waals surface area contributed by atoms with E-state index >= 15 is 0 Å². The average Bonchev–Trinajstić information content (AvgIpc) is 2.57. The molecule has 0 radical (unpaired) electrons. The molecular formula is C17H23NO3. The zero-order valence-corrected chi connectivity index (χ0v) is 12.4. The molecule has 2 saturated heterocycles. The summed E-state index contributed by atoms with van der Waals surface area (Å²) in [6.07, 6.45) is 2.09. The summed E-state index contributed by atoms with van der Waals surface area (Å²) in [5, 5.41) is 0. The minimum absolute atomic E-state index is 0.173. The molecule has 2 fully saturated rings. The molecule has 2 aliphatic heterocycles. The monoisotopic (exact) mass is 289 g/mol. The van der Waals surface area contributed by atoms with Crippen LogP contribution in [0.25, 0.3) is 0 Å². The van der Waals surface area contributed by atoms with Crippen molar-refractivity contribution in [2.45, 2.75) is 18.9 Å². The largest absolute Gasteiger partial charge is 0.376 e. The SMILES string of the molecule is O=C(c1ccccc1)C1CCN(C[C@H]2COCCO2)CC1. The van der Waals surface area contributed by atoms with Crippen molar-refractivity contribution in [2.24, 2.45) is 5.92 Å². The fourth-order valence-electron chi connectivity index (χ4n) is 3.15. The maximum Gasteiger partial charge on any atom is 0.166 e. The van der Waals surface area contributed by atoms with Gasteiger partial charge in [0.25, 0.3) is 0 Å². The van der Waals surface area contributed by atoms with E-state index in [0.717, 1.165) is 38.0 Å². The number of rotatable bonds is 4. The van der Waals surface area contributed by atoms with Gasteiger partial charge >= 0.3 is 0 Å². The predicted octanol–water partition coefficient (Wildman–Crippen LogP) is 2.00. The molecular weight excluding hydrogens is 266 g/mol. The second kappa shape index (κ2) is 7.16. The Bertz CT molecular complexity index is 448. The first kappa shape index (κ1) is 14.7. The first-order chi connectivity index (χ1) is 10.3. The number of benzene rings is 1. The number of carbonyl (C=O) groups is 1. The van der Waals surface area contributed by atoms with Gasteiger partial charge in [-0.25, -0.2) is 0 Å². The molecule has 0 saturated carbocycles. The summed E-state index contributed by atoms with van der Waals surface area (Å²) < 4.78 is 11.1. The lowest BCUT2D eigenvalue weighted by atomic mass is 9.89. The van der Waals surface area contributed by atoms with Crippen molar-refractivity contribution in [3.63, 3.8) is 0 Å². The van der Waals surface area contributed by atoms with Gasteiger partial charge in [-0.2, -0.15) is 0 Å². The lowest BCUT2D eigenvalue weighted by Crippen LogP contribution is -2.44. The van der Waals surface area contributed by atoms with Crippen molar-refractivity contribution >= 4 is 5.78 Å². The smallest absolute Gasteiger partial charge is 0.166 e. The van der Waals surface area contributed by atoms with E-state index in [1.54, 1.807) is 0 Å². The summed E-state index contributed by atoms with van der Waals surface area (Å²) in [6.45, 7) is 4.99. The maximum absolute atomic E-state index is 12.4. The zero-order chi connectivity index (χ0) is 14.5. The van der Waals surface area contributed by atoms with Crippen LogP contribution in [0.15, 0.2) is 30.3 Å². The van der Waals surface area contributed by atoms with Gasteiger partial charge in [0.05, 0.1) is 25.9 Å². The highest BCUT2D eigenvalue weighted by molar-refractivity contribution is 5.97. The van der Waals surface area contributed by atoms with E-state index < -0.39 is 0 Å². The number of likely N-dealkylation sites (tertiary alicyclic amines) is 1. The summed E-state index contributed by atoms with van der Waals surface area (Å²) >= 11 is 0. The molecule has 0 amide bonds. The van der Waals surface area contributed by atoms with E-state index in [2.05, 4.69) is 4.90 Å². The number of ether oxygens (including phenoxy) is 2. The molecule has 4 nitrogen and oxygen atoms in total. The molecule has 3 rings (SSSR count). The van der Waals surface area contributed by atoms with Crippen molar-refractivity contribution in [2.75, 3.05) is 39.5 Å². The third-order valence-electron chi connectivity index (χ3n) is 4.36. The average molecular weight is 289 g/mol. The Labute approximate surface area is 126 Å². The van der Waals surface area contributed by atoms with Crippen molar-refractivity contribution in [1.29, 1.82) is 0 Å². The van der Waals surface area contributed by atoms with Gasteiger partial charge in [0.2, 0.25) is 0 Å². The molecule has 0 bridgehead atoms. The van der Waals surface area contributed by atoms with Crippen molar-refractivity contribution < 1.29 is 14.3 Å². The Morgan fingerprint density at radius 2 is 1.90 bits per heavy atom. The lowest BCUT2D eigenvalue weighted by Gasteiger charge is -2.34. The number of Topliss-reactive ketones (excluding diaryl/α,β-unsaturated/α-hetero) is 1. The number of ketones is 1. The standard InChI is InChI=1S/C17H23NO3/c19-17(14-4-2-1-3-5-14)15-6-8-18(9-7-15)12-16-13-20-10-11-21-16/h1-5,15-16H,6-13H2/t16-/m0/s1. The maximum atomic E-state index is 12.4. The van der Waals surface area contributed by atoms with E-state index in [9.17, 15) is 4.79 Å². The van der Waals surface area contributed by atoms with Crippen LogP contribution in [0.5, 0.6) is 0 Å². The van der Waals surface area contributed by atoms with Gasteiger partial charge in [0, 0.05) is 18.0 Å². The van der Waals surface area contributed by atoms with Gasteiger partial charge in [-0.1, -0.05) is 30.3 Å². The quantitative estimate of drug-likeness (QED) is 0.795. The van der Waals surface area contributed by atoms with E-state index in [0.29, 0.717) is 25.6 Å². The molecule has 0 unspecified atom stereocenters. The van der Waals surface area contributed by atoms with E-state index in [4.69, 9.17) is 9.47 Å². The van der Waals surface area contributed by atoms with Crippen LogP contribution in [0.4, 0.5) is 0 Å². The van der Waals surface area contributed by atoms with Crippen molar-refractivity contribution in [3.8, 4) is 0 Å². The zero-order valence-electron chi connectivity index (χ0n) is 12.4. The van der Waals surface area contributed by atoms with Crippen LogP contribution >= 0.6 is 0 Å². The lowest BCUT2D eigenvalue weighted by molar-refractivity contribution is -0.0990. The third-order valence-corrected chi connectivity index (χ3v) is 4.36. The highest BCUT2D eigenvalue weighted by Crippen LogP contribution is 2.22. The van der Waals surface area contributed by atoms with Crippen LogP contribution in [-0.4, -0.2) is 56.2 Å². The summed E-state index contributed by atoms with van der Waals surface area (Å²) in [5.74, 6) is 0.472. The topological polar surface area (TPSA) is 38.8 Å².